The third kappa shape index (κ3) is 2.37. The molecule has 2 aliphatic rings. The van der Waals surface area contributed by atoms with E-state index in [1.165, 1.54) is 37.1 Å². The highest BCUT2D eigenvalue weighted by atomic mass is 15.3. The smallest absolute Gasteiger partial charge is 0.146 e. The number of hydrogen-bond donors (Lipinski definition) is 0. The molecule has 112 valence electrons. The van der Waals surface area contributed by atoms with Crippen molar-refractivity contribution in [3.63, 3.8) is 0 Å². The van der Waals surface area contributed by atoms with Gasteiger partial charge in [-0.3, -0.25) is 9.58 Å². The Morgan fingerprint density at radius 1 is 1.19 bits per heavy atom. The zero-order valence-corrected chi connectivity index (χ0v) is 12.7. The molecule has 6 heteroatoms. The van der Waals surface area contributed by atoms with Crippen LogP contribution >= 0.6 is 0 Å². The predicted molar refractivity (Wildman–Crippen MR) is 78.6 cm³/mol. The summed E-state index contributed by atoms with van der Waals surface area (Å²) in [6.07, 6.45) is 9.12. The van der Waals surface area contributed by atoms with Gasteiger partial charge in [0, 0.05) is 37.8 Å². The fourth-order valence-corrected chi connectivity index (χ4v) is 3.40. The van der Waals surface area contributed by atoms with E-state index in [1.807, 2.05) is 17.9 Å². The maximum absolute atomic E-state index is 4.42. The highest BCUT2D eigenvalue weighted by Crippen LogP contribution is 2.39. The minimum Gasteiger partial charge on any atom is -0.317 e. The Bertz CT molecular complexity index is 638. The summed E-state index contributed by atoms with van der Waals surface area (Å²) < 4.78 is 4.09. The summed E-state index contributed by atoms with van der Waals surface area (Å²) in [5.74, 6) is 2.92. The number of likely N-dealkylation sites (tertiary alicyclic amines) is 1. The number of aromatic nitrogens is 5. The van der Waals surface area contributed by atoms with Crippen LogP contribution in [0.3, 0.4) is 0 Å². The first-order chi connectivity index (χ1) is 10.2. The van der Waals surface area contributed by atoms with Crippen LogP contribution < -0.4 is 0 Å². The Balaban J connectivity index is 1.53. The quantitative estimate of drug-likeness (QED) is 0.859. The molecule has 3 heterocycles. The Morgan fingerprint density at radius 3 is 2.76 bits per heavy atom. The minimum absolute atomic E-state index is 0.472. The molecule has 0 aromatic carbocycles. The van der Waals surface area contributed by atoms with Crippen molar-refractivity contribution in [3.05, 3.63) is 29.6 Å². The number of nitrogens with zero attached hydrogens (tertiary/aromatic N) is 6. The maximum Gasteiger partial charge on any atom is 0.146 e. The molecule has 2 aromatic heterocycles. The summed E-state index contributed by atoms with van der Waals surface area (Å²) >= 11 is 0. The van der Waals surface area contributed by atoms with Crippen LogP contribution in [0.2, 0.25) is 0 Å². The van der Waals surface area contributed by atoms with Gasteiger partial charge >= 0.3 is 0 Å². The van der Waals surface area contributed by atoms with E-state index in [9.17, 15) is 0 Å². The van der Waals surface area contributed by atoms with Gasteiger partial charge in [-0.05, 0) is 32.2 Å². The van der Waals surface area contributed by atoms with Crippen LogP contribution in [0.5, 0.6) is 0 Å². The van der Waals surface area contributed by atoms with Crippen LogP contribution in [0.25, 0.3) is 0 Å². The van der Waals surface area contributed by atoms with E-state index in [0.717, 1.165) is 18.9 Å². The van der Waals surface area contributed by atoms with Crippen LogP contribution in [-0.4, -0.2) is 36.0 Å². The zero-order valence-electron chi connectivity index (χ0n) is 12.7. The summed E-state index contributed by atoms with van der Waals surface area (Å²) in [6, 6.07) is 0.472. The van der Waals surface area contributed by atoms with Crippen LogP contribution in [0, 0.1) is 0 Å². The minimum atomic E-state index is 0.472. The number of hydrogen-bond acceptors (Lipinski definition) is 4. The largest absolute Gasteiger partial charge is 0.317 e. The van der Waals surface area contributed by atoms with Gasteiger partial charge in [-0.1, -0.05) is 0 Å². The van der Waals surface area contributed by atoms with Crippen molar-refractivity contribution in [1.29, 1.82) is 0 Å². The van der Waals surface area contributed by atoms with E-state index >= 15 is 0 Å². The summed E-state index contributed by atoms with van der Waals surface area (Å²) in [4.78, 5) is 2.51. The van der Waals surface area contributed by atoms with E-state index in [1.54, 1.807) is 0 Å². The molecule has 1 saturated carbocycles. The van der Waals surface area contributed by atoms with Crippen LogP contribution in [0.15, 0.2) is 12.4 Å². The second kappa shape index (κ2) is 4.94. The Labute approximate surface area is 124 Å². The average Bonchev–Trinajstić information content (AvgIpc) is 2.88. The van der Waals surface area contributed by atoms with Gasteiger partial charge in [0.25, 0.3) is 0 Å². The van der Waals surface area contributed by atoms with E-state index < -0.39 is 0 Å². The molecule has 0 bridgehead atoms. The van der Waals surface area contributed by atoms with Crippen molar-refractivity contribution in [2.75, 3.05) is 6.54 Å². The zero-order chi connectivity index (χ0) is 14.4. The molecular weight excluding hydrogens is 264 g/mol. The van der Waals surface area contributed by atoms with E-state index in [0.29, 0.717) is 12.0 Å². The molecule has 0 unspecified atom stereocenters. The second-order valence-electron chi connectivity index (χ2n) is 6.38. The van der Waals surface area contributed by atoms with Crippen molar-refractivity contribution in [1.82, 2.24) is 29.4 Å². The lowest BCUT2D eigenvalue weighted by Gasteiger charge is -2.22. The number of rotatable bonds is 4. The Kier molecular flexibility index (Phi) is 3.06. The molecule has 21 heavy (non-hydrogen) atoms. The molecule has 1 saturated heterocycles. The molecule has 1 aliphatic carbocycles. The summed E-state index contributed by atoms with van der Waals surface area (Å²) in [7, 11) is 4.09. The Morgan fingerprint density at radius 2 is 2.05 bits per heavy atom. The van der Waals surface area contributed by atoms with Crippen molar-refractivity contribution < 1.29 is 0 Å². The topological polar surface area (TPSA) is 51.8 Å². The van der Waals surface area contributed by atoms with Crippen molar-refractivity contribution in [2.24, 2.45) is 14.1 Å². The normalized spacial score (nSPS) is 23.0. The summed E-state index contributed by atoms with van der Waals surface area (Å²) in [5.41, 5.74) is 1.32. The van der Waals surface area contributed by atoms with Crippen LogP contribution in [-0.2, 0) is 20.6 Å². The van der Waals surface area contributed by atoms with Crippen LogP contribution in [0.1, 0.15) is 54.9 Å². The lowest BCUT2D eigenvalue weighted by atomic mass is 10.1. The van der Waals surface area contributed by atoms with Gasteiger partial charge in [0.2, 0.25) is 0 Å². The standard InChI is InChI=1S/C15H22N6/c1-19-9-12(8-16-19)13-4-3-7-21(13)10-14-17-18-15(20(14)2)11-5-6-11/h8-9,11,13H,3-7,10H2,1-2H3/t13-/m1/s1. The molecule has 6 nitrogen and oxygen atoms in total. The first-order valence-corrected chi connectivity index (χ1v) is 7.83. The van der Waals surface area contributed by atoms with E-state index in [-0.39, 0.29) is 0 Å². The van der Waals surface area contributed by atoms with Gasteiger partial charge in [-0.2, -0.15) is 5.10 Å². The van der Waals surface area contributed by atoms with Crippen molar-refractivity contribution in [2.45, 2.75) is 44.2 Å². The van der Waals surface area contributed by atoms with Gasteiger partial charge in [0.05, 0.1) is 12.7 Å². The molecule has 2 aromatic rings. The molecular formula is C15H22N6. The monoisotopic (exact) mass is 286 g/mol. The second-order valence-corrected chi connectivity index (χ2v) is 6.38. The highest BCUT2D eigenvalue weighted by molar-refractivity contribution is 5.13. The molecule has 1 atom stereocenters. The van der Waals surface area contributed by atoms with Crippen molar-refractivity contribution in [3.8, 4) is 0 Å². The first kappa shape index (κ1) is 13.0. The van der Waals surface area contributed by atoms with Crippen molar-refractivity contribution >= 4 is 0 Å². The summed E-state index contributed by atoms with van der Waals surface area (Å²) in [5, 5.41) is 13.1. The third-order valence-corrected chi connectivity index (χ3v) is 4.76. The summed E-state index contributed by atoms with van der Waals surface area (Å²) in [6.45, 7) is 2.01. The molecule has 4 rings (SSSR count). The average molecular weight is 286 g/mol. The molecule has 0 spiro atoms. The Hall–Kier alpha value is -1.69. The SMILES string of the molecule is Cn1cc([C@H]2CCCN2Cc2nnc(C3CC3)n2C)cn1. The molecule has 1 aliphatic heterocycles. The van der Waals surface area contributed by atoms with E-state index in [4.69, 9.17) is 0 Å². The molecule has 0 amide bonds. The van der Waals surface area contributed by atoms with Crippen LogP contribution in [0.4, 0.5) is 0 Å². The highest BCUT2D eigenvalue weighted by Gasteiger charge is 2.31. The van der Waals surface area contributed by atoms with Gasteiger partial charge < -0.3 is 4.57 Å². The fourth-order valence-electron chi connectivity index (χ4n) is 3.40. The van der Waals surface area contributed by atoms with Gasteiger partial charge in [0.1, 0.15) is 11.6 Å². The number of aryl methyl sites for hydroxylation is 1. The molecule has 0 N–H and O–H groups in total. The van der Waals surface area contributed by atoms with Gasteiger partial charge in [0.15, 0.2) is 0 Å². The maximum atomic E-state index is 4.42. The van der Waals surface area contributed by atoms with Gasteiger partial charge in [-0.25, -0.2) is 0 Å². The fraction of sp³-hybridized carbons (Fsp3) is 0.667. The first-order valence-electron chi connectivity index (χ1n) is 7.83. The van der Waals surface area contributed by atoms with E-state index in [2.05, 4.69) is 38.0 Å². The van der Waals surface area contributed by atoms with Gasteiger partial charge in [-0.15, -0.1) is 10.2 Å². The third-order valence-electron chi connectivity index (χ3n) is 4.76. The molecule has 0 radical (unpaired) electrons. The lowest BCUT2D eigenvalue weighted by molar-refractivity contribution is 0.239. The molecule has 2 fully saturated rings. The predicted octanol–water partition coefficient (Wildman–Crippen LogP) is 1.76. The lowest BCUT2D eigenvalue weighted by Crippen LogP contribution is -2.24.